The van der Waals surface area contributed by atoms with E-state index in [9.17, 15) is 8.42 Å². The lowest BCUT2D eigenvalue weighted by Gasteiger charge is -2.09. The molecule has 0 atom stereocenters. The quantitative estimate of drug-likeness (QED) is 0.611. The third kappa shape index (κ3) is 3.79. The summed E-state index contributed by atoms with van der Waals surface area (Å²) in [7, 11) is -3.52. The molecule has 20 heavy (non-hydrogen) atoms. The summed E-state index contributed by atoms with van der Waals surface area (Å²) in [5, 5.41) is 2.37. The number of ether oxygens (including phenoxy) is 1. The molecule has 6 heteroatoms. The zero-order valence-electron chi connectivity index (χ0n) is 10.9. The number of hydrogen-bond donors (Lipinski definition) is 1. The molecule has 2 rings (SSSR count). The Hall–Kier alpha value is -0.950. The van der Waals surface area contributed by atoms with Crippen molar-refractivity contribution in [1.82, 2.24) is 4.72 Å². The topological polar surface area (TPSA) is 55.4 Å². The first-order chi connectivity index (χ1) is 9.65. The predicted molar refractivity (Wildman–Crippen MR) is 83.7 cm³/mol. The maximum Gasteiger partial charge on any atom is 0.241 e. The van der Waals surface area contributed by atoms with Gasteiger partial charge in [-0.05, 0) is 11.5 Å². The molecule has 0 amide bonds. The Morgan fingerprint density at radius 3 is 2.60 bits per heavy atom. The Balaban J connectivity index is 2.15. The highest BCUT2D eigenvalue weighted by molar-refractivity contribution is 9.09. The summed E-state index contributed by atoms with van der Waals surface area (Å²) in [6, 6.07) is 12.7. The largest absolute Gasteiger partial charge is 0.379 e. The molecule has 1 N–H and O–H groups in total. The maximum atomic E-state index is 12.3. The van der Waals surface area contributed by atoms with Crippen molar-refractivity contribution in [2.24, 2.45) is 0 Å². The van der Waals surface area contributed by atoms with Crippen LogP contribution in [0, 0.1) is 0 Å². The van der Waals surface area contributed by atoms with Crippen molar-refractivity contribution < 1.29 is 13.2 Å². The Morgan fingerprint density at radius 1 is 1.05 bits per heavy atom. The SMILES string of the molecule is O=S(=O)(NCCOCCBr)c1cccc2ccccc12. The first-order valence-electron chi connectivity index (χ1n) is 6.26. The van der Waals surface area contributed by atoms with Gasteiger partial charge in [0.15, 0.2) is 0 Å². The fraction of sp³-hybridized carbons (Fsp3) is 0.286. The van der Waals surface area contributed by atoms with Gasteiger partial charge in [-0.3, -0.25) is 0 Å². The van der Waals surface area contributed by atoms with Crippen molar-refractivity contribution in [3.05, 3.63) is 42.5 Å². The Bertz CT molecular complexity index is 668. The van der Waals surface area contributed by atoms with Gasteiger partial charge in [0.25, 0.3) is 0 Å². The fourth-order valence-corrected chi connectivity index (χ4v) is 3.38. The molecule has 0 aromatic heterocycles. The minimum absolute atomic E-state index is 0.262. The van der Waals surface area contributed by atoms with Gasteiger partial charge in [-0.15, -0.1) is 0 Å². The highest BCUT2D eigenvalue weighted by atomic mass is 79.9. The number of halogens is 1. The van der Waals surface area contributed by atoms with Gasteiger partial charge in [-0.25, -0.2) is 13.1 Å². The van der Waals surface area contributed by atoms with Crippen LogP contribution in [0.1, 0.15) is 0 Å². The molecule has 0 saturated heterocycles. The zero-order chi connectivity index (χ0) is 14.4. The molecule has 0 saturated carbocycles. The second-order valence-corrected chi connectivity index (χ2v) is 6.70. The minimum atomic E-state index is -3.52. The van der Waals surface area contributed by atoms with Gasteiger partial charge < -0.3 is 4.74 Å². The lowest BCUT2D eigenvalue weighted by atomic mass is 10.1. The van der Waals surface area contributed by atoms with Crippen LogP contribution in [-0.4, -0.2) is 33.5 Å². The molecule has 108 valence electrons. The normalized spacial score (nSPS) is 11.8. The van der Waals surface area contributed by atoms with Crippen LogP contribution in [0.4, 0.5) is 0 Å². The van der Waals surface area contributed by atoms with Gasteiger partial charge in [0, 0.05) is 17.3 Å². The molecule has 0 fully saturated rings. The zero-order valence-corrected chi connectivity index (χ0v) is 13.3. The number of hydrogen-bond acceptors (Lipinski definition) is 3. The average Bonchev–Trinajstić information content (AvgIpc) is 2.46. The maximum absolute atomic E-state index is 12.3. The monoisotopic (exact) mass is 357 g/mol. The van der Waals surface area contributed by atoms with Crippen LogP contribution < -0.4 is 4.72 Å². The summed E-state index contributed by atoms with van der Waals surface area (Å²) in [4.78, 5) is 0.302. The summed E-state index contributed by atoms with van der Waals surface area (Å²) in [6.07, 6.45) is 0. The van der Waals surface area contributed by atoms with Crippen molar-refractivity contribution in [2.75, 3.05) is 25.1 Å². The number of rotatable bonds is 7. The molecule has 4 nitrogen and oxygen atoms in total. The van der Waals surface area contributed by atoms with Gasteiger partial charge in [0.2, 0.25) is 10.0 Å². The van der Waals surface area contributed by atoms with Crippen LogP contribution >= 0.6 is 15.9 Å². The van der Waals surface area contributed by atoms with Crippen molar-refractivity contribution >= 4 is 36.7 Å². The summed E-state index contributed by atoms with van der Waals surface area (Å²) in [5.74, 6) is 0. The van der Waals surface area contributed by atoms with Crippen molar-refractivity contribution in [2.45, 2.75) is 4.90 Å². The number of nitrogens with one attached hydrogen (secondary N) is 1. The van der Waals surface area contributed by atoms with E-state index in [1.54, 1.807) is 12.1 Å². The van der Waals surface area contributed by atoms with E-state index in [4.69, 9.17) is 4.74 Å². The van der Waals surface area contributed by atoms with E-state index in [0.29, 0.717) is 18.1 Å². The molecular formula is C14H16BrNO3S. The van der Waals surface area contributed by atoms with Gasteiger partial charge in [-0.2, -0.15) is 0 Å². The van der Waals surface area contributed by atoms with E-state index in [0.717, 1.165) is 16.1 Å². The van der Waals surface area contributed by atoms with Crippen LogP contribution in [0.5, 0.6) is 0 Å². The van der Waals surface area contributed by atoms with Crippen molar-refractivity contribution in [1.29, 1.82) is 0 Å². The lowest BCUT2D eigenvalue weighted by Crippen LogP contribution is -2.27. The van der Waals surface area contributed by atoms with Gasteiger partial charge in [0.05, 0.1) is 18.1 Å². The van der Waals surface area contributed by atoms with Gasteiger partial charge >= 0.3 is 0 Å². The molecule has 2 aromatic rings. The molecule has 0 radical (unpaired) electrons. The van der Waals surface area contributed by atoms with E-state index in [2.05, 4.69) is 20.7 Å². The minimum Gasteiger partial charge on any atom is -0.379 e. The molecule has 0 aliphatic rings. The third-order valence-electron chi connectivity index (χ3n) is 2.80. The van der Waals surface area contributed by atoms with Crippen LogP contribution in [0.25, 0.3) is 10.8 Å². The summed E-state index contributed by atoms with van der Waals surface area (Å²) in [6.45, 7) is 1.18. The van der Waals surface area contributed by atoms with Crippen molar-refractivity contribution in [3.63, 3.8) is 0 Å². The highest BCUT2D eigenvalue weighted by Crippen LogP contribution is 2.22. The first kappa shape index (κ1) is 15.4. The molecule has 0 bridgehead atoms. The molecule has 0 aliphatic heterocycles. The standard InChI is InChI=1S/C14H16BrNO3S/c15-8-10-19-11-9-16-20(17,18)14-7-3-5-12-4-1-2-6-13(12)14/h1-7,16H,8-11H2. The fourth-order valence-electron chi connectivity index (χ4n) is 1.91. The Kier molecular flexibility index (Phi) is 5.54. The summed E-state index contributed by atoms with van der Waals surface area (Å²) in [5.41, 5.74) is 0. The van der Waals surface area contributed by atoms with Gasteiger partial charge in [0.1, 0.15) is 0 Å². The number of benzene rings is 2. The predicted octanol–water partition coefficient (Wildman–Crippen LogP) is 2.53. The van der Waals surface area contributed by atoms with Crippen molar-refractivity contribution in [3.8, 4) is 0 Å². The van der Waals surface area contributed by atoms with Crippen LogP contribution in [-0.2, 0) is 14.8 Å². The second kappa shape index (κ2) is 7.17. The Morgan fingerprint density at radius 2 is 1.80 bits per heavy atom. The lowest BCUT2D eigenvalue weighted by molar-refractivity contribution is 0.156. The Labute approximate surface area is 127 Å². The van der Waals surface area contributed by atoms with Crippen LogP contribution in [0.2, 0.25) is 0 Å². The van der Waals surface area contributed by atoms with E-state index in [1.807, 2.05) is 30.3 Å². The number of alkyl halides is 1. The third-order valence-corrected chi connectivity index (χ3v) is 4.64. The van der Waals surface area contributed by atoms with Crippen LogP contribution in [0.3, 0.4) is 0 Å². The van der Waals surface area contributed by atoms with Gasteiger partial charge in [-0.1, -0.05) is 52.3 Å². The van der Waals surface area contributed by atoms with E-state index in [1.165, 1.54) is 0 Å². The summed E-state index contributed by atoms with van der Waals surface area (Å²) < 4.78 is 32.4. The molecule has 0 unspecified atom stereocenters. The average molecular weight is 358 g/mol. The summed E-state index contributed by atoms with van der Waals surface area (Å²) >= 11 is 3.24. The second-order valence-electron chi connectivity index (χ2n) is 4.18. The van der Waals surface area contributed by atoms with E-state index >= 15 is 0 Å². The smallest absolute Gasteiger partial charge is 0.241 e. The number of sulfonamides is 1. The van der Waals surface area contributed by atoms with E-state index < -0.39 is 10.0 Å². The number of fused-ring (bicyclic) bond motifs is 1. The first-order valence-corrected chi connectivity index (χ1v) is 8.87. The van der Waals surface area contributed by atoms with Crippen LogP contribution in [0.15, 0.2) is 47.4 Å². The molecule has 0 aliphatic carbocycles. The molecule has 2 aromatic carbocycles. The molecule has 0 spiro atoms. The molecule has 0 heterocycles. The highest BCUT2D eigenvalue weighted by Gasteiger charge is 2.16. The van der Waals surface area contributed by atoms with E-state index in [-0.39, 0.29) is 6.54 Å². The molecular weight excluding hydrogens is 342 g/mol.